The van der Waals surface area contributed by atoms with Gasteiger partial charge in [-0.15, -0.1) is 23.1 Å². The van der Waals surface area contributed by atoms with E-state index in [1.165, 1.54) is 11.3 Å². The number of carbonyl (C=O) groups is 1. The Kier molecular flexibility index (Phi) is 4.84. The summed E-state index contributed by atoms with van der Waals surface area (Å²) in [7, 11) is 0. The fraction of sp³-hybridized carbons (Fsp3) is 0.692. The Morgan fingerprint density at radius 3 is 2.53 bits per heavy atom. The zero-order chi connectivity index (χ0) is 14.2. The molecule has 0 aromatic carbocycles. The molecule has 1 N–H and O–H groups in total. The Labute approximate surface area is 126 Å². The van der Waals surface area contributed by atoms with Crippen LogP contribution in [0.15, 0.2) is 0 Å². The van der Waals surface area contributed by atoms with Gasteiger partial charge in [-0.25, -0.2) is 9.78 Å². The van der Waals surface area contributed by atoms with Crippen molar-refractivity contribution in [3.05, 3.63) is 15.6 Å². The number of aromatic carboxylic acids is 1. The molecule has 19 heavy (non-hydrogen) atoms. The fourth-order valence-electron chi connectivity index (χ4n) is 1.94. The van der Waals surface area contributed by atoms with Crippen molar-refractivity contribution in [2.24, 2.45) is 0 Å². The number of hydrogen-bond acceptors (Lipinski definition) is 5. The number of rotatable bonds is 3. The third-order valence-corrected chi connectivity index (χ3v) is 7.96. The van der Waals surface area contributed by atoms with Crippen molar-refractivity contribution in [1.29, 1.82) is 0 Å². The molecule has 1 saturated heterocycles. The zero-order valence-corrected chi connectivity index (χ0v) is 14.0. The monoisotopic (exact) mass is 317 g/mol. The Bertz CT molecular complexity index is 472. The molecule has 0 aliphatic carbocycles. The quantitative estimate of drug-likeness (QED) is 0.902. The molecule has 2 heterocycles. The Morgan fingerprint density at radius 2 is 2.05 bits per heavy atom. The van der Waals surface area contributed by atoms with Gasteiger partial charge in [0.15, 0.2) is 0 Å². The lowest BCUT2D eigenvalue weighted by atomic mass is 10.1. The molecule has 6 heteroatoms. The maximum Gasteiger partial charge on any atom is 0.347 e. The Balaban J connectivity index is 2.26. The van der Waals surface area contributed by atoms with E-state index in [0.717, 1.165) is 16.5 Å². The first-order chi connectivity index (χ1) is 8.90. The summed E-state index contributed by atoms with van der Waals surface area (Å²) in [6.45, 7) is 8.49. The topological polar surface area (TPSA) is 50.2 Å². The summed E-state index contributed by atoms with van der Waals surface area (Å²) in [6.07, 6.45) is 0. The van der Waals surface area contributed by atoms with Crippen LogP contribution in [0.5, 0.6) is 0 Å². The molecule has 1 aromatic heterocycles. The van der Waals surface area contributed by atoms with Crippen LogP contribution in [0.2, 0.25) is 0 Å². The number of thiazole rings is 1. The molecule has 3 atom stereocenters. The lowest BCUT2D eigenvalue weighted by Gasteiger charge is -2.30. The summed E-state index contributed by atoms with van der Waals surface area (Å²) >= 11 is 5.25. The number of carboxylic acids is 1. The molecule has 0 radical (unpaired) electrons. The van der Waals surface area contributed by atoms with Crippen molar-refractivity contribution in [2.75, 3.05) is 5.75 Å². The van der Waals surface area contributed by atoms with E-state index in [1.54, 1.807) is 0 Å². The van der Waals surface area contributed by atoms with E-state index in [-0.39, 0.29) is 5.92 Å². The van der Waals surface area contributed by atoms with Gasteiger partial charge >= 0.3 is 5.97 Å². The van der Waals surface area contributed by atoms with Gasteiger partial charge < -0.3 is 5.11 Å². The molecule has 1 aromatic rings. The van der Waals surface area contributed by atoms with Gasteiger partial charge in [0.05, 0.1) is 10.9 Å². The Hall–Kier alpha value is -0.200. The average molecular weight is 318 g/mol. The highest BCUT2D eigenvalue weighted by Crippen LogP contribution is 2.46. The normalized spacial score (nSPS) is 27.7. The number of carboxylic acid groups (broad SMARTS) is 1. The van der Waals surface area contributed by atoms with Crippen LogP contribution in [0, 0.1) is 0 Å². The summed E-state index contributed by atoms with van der Waals surface area (Å²) in [6, 6.07) is 0. The van der Waals surface area contributed by atoms with Crippen LogP contribution >= 0.6 is 34.9 Å². The van der Waals surface area contributed by atoms with Gasteiger partial charge in [-0.05, 0) is 5.92 Å². The first kappa shape index (κ1) is 15.2. The molecule has 0 saturated carbocycles. The molecule has 1 fully saturated rings. The first-order valence-electron chi connectivity index (χ1n) is 6.41. The minimum absolute atomic E-state index is 0.161. The third kappa shape index (κ3) is 3.28. The summed E-state index contributed by atoms with van der Waals surface area (Å²) in [5.41, 5.74) is 0.740. The molecular weight excluding hydrogens is 298 g/mol. The second-order valence-electron chi connectivity index (χ2n) is 5.09. The predicted molar refractivity (Wildman–Crippen MR) is 84.9 cm³/mol. The van der Waals surface area contributed by atoms with Crippen LogP contribution in [0.3, 0.4) is 0 Å². The van der Waals surface area contributed by atoms with Crippen molar-refractivity contribution in [3.63, 3.8) is 0 Å². The van der Waals surface area contributed by atoms with Gasteiger partial charge in [0.25, 0.3) is 0 Å². The minimum Gasteiger partial charge on any atom is -0.477 e. The Morgan fingerprint density at radius 1 is 1.37 bits per heavy atom. The van der Waals surface area contributed by atoms with Crippen molar-refractivity contribution in [2.45, 2.75) is 49.4 Å². The van der Waals surface area contributed by atoms with Crippen molar-refractivity contribution in [3.8, 4) is 0 Å². The summed E-state index contributed by atoms with van der Waals surface area (Å²) < 4.78 is 0. The van der Waals surface area contributed by atoms with Gasteiger partial charge in [-0.1, -0.05) is 27.7 Å². The highest BCUT2D eigenvalue weighted by molar-refractivity contribution is 8.07. The van der Waals surface area contributed by atoms with E-state index >= 15 is 0 Å². The maximum absolute atomic E-state index is 11.3. The van der Waals surface area contributed by atoms with Crippen LogP contribution in [-0.4, -0.2) is 32.3 Å². The standard InChI is InChI=1S/C13H19NO2S3/c1-6(2)10-11(13(15)16)19-12(14-10)9-5-17-7(3)8(4)18-9/h6-9H,5H2,1-4H3,(H,15,16). The van der Waals surface area contributed by atoms with Gasteiger partial charge in [-0.3, -0.25) is 0 Å². The van der Waals surface area contributed by atoms with Crippen molar-refractivity contribution >= 4 is 40.8 Å². The van der Waals surface area contributed by atoms with Gasteiger partial charge in [-0.2, -0.15) is 11.8 Å². The number of hydrogen-bond donors (Lipinski definition) is 1. The third-order valence-electron chi connectivity index (χ3n) is 3.24. The van der Waals surface area contributed by atoms with E-state index in [4.69, 9.17) is 0 Å². The molecule has 1 aliphatic heterocycles. The van der Waals surface area contributed by atoms with Crippen molar-refractivity contribution in [1.82, 2.24) is 4.98 Å². The zero-order valence-electron chi connectivity index (χ0n) is 11.5. The summed E-state index contributed by atoms with van der Waals surface area (Å²) in [5, 5.41) is 11.8. The molecule has 106 valence electrons. The van der Waals surface area contributed by atoms with E-state index < -0.39 is 5.97 Å². The highest BCUT2D eigenvalue weighted by Gasteiger charge is 2.30. The lowest BCUT2D eigenvalue weighted by molar-refractivity contribution is 0.0700. The van der Waals surface area contributed by atoms with Gasteiger partial charge in [0.2, 0.25) is 0 Å². The van der Waals surface area contributed by atoms with Crippen LogP contribution < -0.4 is 0 Å². The van der Waals surface area contributed by atoms with Crippen LogP contribution in [0.4, 0.5) is 0 Å². The van der Waals surface area contributed by atoms with Crippen LogP contribution in [0.1, 0.15) is 59.2 Å². The number of aromatic nitrogens is 1. The molecule has 2 rings (SSSR count). The average Bonchev–Trinajstić information content (AvgIpc) is 2.78. The number of nitrogens with zero attached hydrogens (tertiary/aromatic N) is 1. The smallest absolute Gasteiger partial charge is 0.347 e. The van der Waals surface area contributed by atoms with Gasteiger partial charge in [0.1, 0.15) is 9.88 Å². The first-order valence-corrected chi connectivity index (χ1v) is 9.22. The van der Waals surface area contributed by atoms with Crippen molar-refractivity contribution < 1.29 is 9.90 Å². The second kappa shape index (κ2) is 6.06. The second-order valence-corrected chi connectivity index (χ2v) is 9.12. The molecule has 3 nitrogen and oxygen atoms in total. The van der Waals surface area contributed by atoms with E-state index in [0.29, 0.717) is 20.6 Å². The molecule has 3 unspecified atom stereocenters. The number of thioether (sulfide) groups is 2. The SMILES string of the molecule is CC(C)c1nc(C2CSC(C)C(C)S2)sc1C(=O)O. The maximum atomic E-state index is 11.3. The predicted octanol–water partition coefficient (Wildman–Crippen LogP) is 4.26. The largest absolute Gasteiger partial charge is 0.477 e. The van der Waals surface area contributed by atoms with Gasteiger partial charge in [0, 0.05) is 16.3 Å². The fourth-order valence-corrected chi connectivity index (χ4v) is 6.20. The molecule has 0 bridgehead atoms. The molecule has 0 spiro atoms. The summed E-state index contributed by atoms with van der Waals surface area (Å²) in [4.78, 5) is 16.3. The van der Waals surface area contributed by atoms with E-state index in [2.05, 4.69) is 18.8 Å². The molecule has 1 aliphatic rings. The molecule has 0 amide bonds. The highest BCUT2D eigenvalue weighted by atomic mass is 32.2. The van der Waals surface area contributed by atoms with Crippen LogP contribution in [-0.2, 0) is 0 Å². The van der Waals surface area contributed by atoms with E-state index in [1.807, 2.05) is 37.4 Å². The molecular formula is C13H19NO2S3. The summed E-state index contributed by atoms with van der Waals surface area (Å²) in [5.74, 6) is 0.344. The lowest BCUT2D eigenvalue weighted by Crippen LogP contribution is -2.21. The minimum atomic E-state index is -0.845. The van der Waals surface area contributed by atoms with E-state index in [9.17, 15) is 9.90 Å². The van der Waals surface area contributed by atoms with Crippen LogP contribution in [0.25, 0.3) is 0 Å².